The van der Waals surface area contributed by atoms with Gasteiger partial charge in [0.25, 0.3) is 5.91 Å². The van der Waals surface area contributed by atoms with Crippen molar-refractivity contribution >= 4 is 23.7 Å². The smallest absolute Gasteiger partial charge is 0.271 e. The molecular formula is C24H31ClN2O3. The van der Waals surface area contributed by atoms with Crippen LogP contribution in [0, 0.1) is 0 Å². The minimum Gasteiger partial charge on any atom is -0.497 e. The molecule has 2 rings (SSSR count). The predicted octanol–water partition coefficient (Wildman–Crippen LogP) is 6.24. The molecule has 0 saturated heterocycles. The Balaban J connectivity index is 1.75. The molecule has 0 spiro atoms. The van der Waals surface area contributed by atoms with Gasteiger partial charge >= 0.3 is 0 Å². The zero-order chi connectivity index (χ0) is 21.6. The van der Waals surface area contributed by atoms with Crippen LogP contribution in [0.3, 0.4) is 0 Å². The number of carbonyl (C=O) groups excluding carboxylic acids is 1. The zero-order valence-corrected chi connectivity index (χ0v) is 18.6. The van der Waals surface area contributed by atoms with Crippen LogP contribution in [0.5, 0.6) is 11.5 Å². The first-order valence-corrected chi connectivity index (χ1v) is 10.9. The van der Waals surface area contributed by atoms with Gasteiger partial charge in [0, 0.05) is 5.56 Å². The van der Waals surface area contributed by atoms with Crippen LogP contribution in [0.15, 0.2) is 47.6 Å². The predicted molar refractivity (Wildman–Crippen MR) is 123 cm³/mol. The van der Waals surface area contributed by atoms with E-state index in [1.807, 2.05) is 12.1 Å². The lowest BCUT2D eigenvalue weighted by Gasteiger charge is -2.08. The Labute approximate surface area is 184 Å². The Hall–Kier alpha value is -2.53. The molecule has 0 bridgehead atoms. The van der Waals surface area contributed by atoms with E-state index in [-0.39, 0.29) is 5.91 Å². The summed E-state index contributed by atoms with van der Waals surface area (Å²) in [6.07, 6.45) is 10.2. The monoisotopic (exact) mass is 430 g/mol. The fourth-order valence-corrected chi connectivity index (χ4v) is 3.19. The first kappa shape index (κ1) is 23.7. The third kappa shape index (κ3) is 8.46. The van der Waals surface area contributed by atoms with E-state index in [1.165, 1.54) is 38.5 Å². The molecule has 30 heavy (non-hydrogen) atoms. The van der Waals surface area contributed by atoms with Gasteiger partial charge in [-0.1, -0.05) is 63.1 Å². The molecule has 0 saturated carbocycles. The van der Waals surface area contributed by atoms with E-state index in [1.54, 1.807) is 43.7 Å². The summed E-state index contributed by atoms with van der Waals surface area (Å²) in [4.78, 5) is 12.1. The molecule has 0 aliphatic rings. The van der Waals surface area contributed by atoms with Crippen LogP contribution in [0.25, 0.3) is 0 Å². The van der Waals surface area contributed by atoms with Gasteiger partial charge in [0.05, 0.1) is 25.0 Å². The maximum atomic E-state index is 12.1. The van der Waals surface area contributed by atoms with Crippen molar-refractivity contribution < 1.29 is 14.3 Å². The van der Waals surface area contributed by atoms with Crippen molar-refractivity contribution in [3.63, 3.8) is 0 Å². The summed E-state index contributed by atoms with van der Waals surface area (Å²) in [7, 11) is 1.56. The number of halogens is 1. The third-order valence-electron chi connectivity index (χ3n) is 4.67. The van der Waals surface area contributed by atoms with Gasteiger partial charge in [0.15, 0.2) is 0 Å². The van der Waals surface area contributed by atoms with Crippen molar-refractivity contribution in [2.24, 2.45) is 5.10 Å². The molecule has 0 unspecified atom stereocenters. The third-order valence-corrected chi connectivity index (χ3v) is 4.97. The number of benzene rings is 2. The quantitative estimate of drug-likeness (QED) is 0.232. The maximum Gasteiger partial charge on any atom is 0.271 e. The van der Waals surface area contributed by atoms with Gasteiger partial charge in [0.1, 0.15) is 11.5 Å². The average Bonchev–Trinajstić information content (AvgIpc) is 2.76. The van der Waals surface area contributed by atoms with Gasteiger partial charge in [-0.3, -0.25) is 4.79 Å². The van der Waals surface area contributed by atoms with Crippen molar-refractivity contribution in [1.82, 2.24) is 5.43 Å². The molecule has 0 aliphatic heterocycles. The Morgan fingerprint density at radius 3 is 2.57 bits per heavy atom. The molecule has 0 heterocycles. The lowest BCUT2D eigenvalue weighted by Crippen LogP contribution is -2.17. The molecule has 162 valence electrons. The van der Waals surface area contributed by atoms with E-state index in [0.717, 1.165) is 12.0 Å². The number of unbranched alkanes of at least 4 members (excludes halogenated alkanes) is 6. The molecular weight excluding hydrogens is 400 g/mol. The molecule has 1 N–H and O–H groups in total. The molecule has 5 nitrogen and oxygen atoms in total. The Kier molecular flexibility index (Phi) is 10.8. The van der Waals surface area contributed by atoms with Crippen LogP contribution >= 0.6 is 11.6 Å². The molecule has 1 amide bonds. The lowest BCUT2D eigenvalue weighted by molar-refractivity contribution is 0.0955. The number of methoxy groups -OCH3 is 1. The number of hydrogen-bond acceptors (Lipinski definition) is 4. The zero-order valence-electron chi connectivity index (χ0n) is 17.8. The minimum atomic E-state index is -0.314. The minimum absolute atomic E-state index is 0.314. The van der Waals surface area contributed by atoms with E-state index in [2.05, 4.69) is 17.5 Å². The number of ether oxygens (including phenoxy) is 2. The van der Waals surface area contributed by atoms with Crippen LogP contribution in [-0.4, -0.2) is 25.8 Å². The number of hydrogen-bond donors (Lipinski definition) is 1. The second-order valence-electron chi connectivity index (χ2n) is 7.09. The fourth-order valence-electron chi connectivity index (χ4n) is 2.95. The van der Waals surface area contributed by atoms with Crippen LogP contribution in [-0.2, 0) is 0 Å². The molecule has 0 aromatic heterocycles. The molecule has 0 aliphatic carbocycles. The van der Waals surface area contributed by atoms with Gasteiger partial charge in [-0.15, -0.1) is 0 Å². The molecule has 2 aromatic carbocycles. The number of hydrazone groups is 1. The standard InChI is InChI=1S/C24H31ClN2O3/c1-3-4-5-6-7-8-9-15-30-23-14-13-19(16-22(23)25)18-26-27-24(28)20-11-10-12-21(17-20)29-2/h10-14,16-18H,3-9,15H2,1-2H3,(H,27,28)/b26-18+. The Morgan fingerprint density at radius 1 is 1.07 bits per heavy atom. The topological polar surface area (TPSA) is 59.9 Å². The van der Waals surface area contributed by atoms with Crippen molar-refractivity contribution in [2.45, 2.75) is 51.9 Å². The molecule has 0 radical (unpaired) electrons. The van der Waals surface area contributed by atoms with E-state index in [4.69, 9.17) is 21.1 Å². The van der Waals surface area contributed by atoms with Crippen LogP contribution in [0.2, 0.25) is 5.02 Å². The summed E-state index contributed by atoms with van der Waals surface area (Å²) in [5, 5.41) is 4.53. The van der Waals surface area contributed by atoms with Crippen LogP contribution < -0.4 is 14.9 Å². The second kappa shape index (κ2) is 13.6. The summed E-state index contributed by atoms with van der Waals surface area (Å²) in [6.45, 7) is 2.89. The summed E-state index contributed by atoms with van der Waals surface area (Å²) in [5.74, 6) is 0.969. The van der Waals surface area contributed by atoms with Crippen molar-refractivity contribution in [2.75, 3.05) is 13.7 Å². The van der Waals surface area contributed by atoms with Crippen molar-refractivity contribution in [3.8, 4) is 11.5 Å². The number of amides is 1. The summed E-state index contributed by atoms with van der Waals surface area (Å²) < 4.78 is 10.9. The van der Waals surface area contributed by atoms with E-state index >= 15 is 0 Å². The molecule has 0 fully saturated rings. The van der Waals surface area contributed by atoms with Gasteiger partial charge in [-0.2, -0.15) is 5.10 Å². The largest absolute Gasteiger partial charge is 0.497 e. The summed E-state index contributed by atoms with van der Waals surface area (Å²) in [6, 6.07) is 12.3. The Bertz CT molecular complexity index is 824. The van der Waals surface area contributed by atoms with E-state index < -0.39 is 0 Å². The van der Waals surface area contributed by atoms with E-state index in [0.29, 0.717) is 28.7 Å². The normalized spacial score (nSPS) is 10.9. The second-order valence-corrected chi connectivity index (χ2v) is 7.50. The highest BCUT2D eigenvalue weighted by molar-refractivity contribution is 6.32. The average molecular weight is 431 g/mol. The van der Waals surface area contributed by atoms with Gasteiger partial charge < -0.3 is 9.47 Å². The highest BCUT2D eigenvalue weighted by atomic mass is 35.5. The Morgan fingerprint density at radius 2 is 1.83 bits per heavy atom. The lowest BCUT2D eigenvalue weighted by atomic mass is 10.1. The SMILES string of the molecule is CCCCCCCCCOc1ccc(/C=N/NC(=O)c2cccc(OC)c2)cc1Cl. The highest BCUT2D eigenvalue weighted by Gasteiger charge is 2.06. The molecule has 6 heteroatoms. The number of nitrogens with one attached hydrogen (secondary N) is 1. The number of carbonyl (C=O) groups is 1. The first-order valence-electron chi connectivity index (χ1n) is 10.5. The maximum absolute atomic E-state index is 12.1. The van der Waals surface area contributed by atoms with Gasteiger partial charge in [-0.25, -0.2) is 5.43 Å². The van der Waals surface area contributed by atoms with E-state index in [9.17, 15) is 4.79 Å². The molecule has 2 aromatic rings. The van der Waals surface area contributed by atoms with Crippen LogP contribution in [0.1, 0.15) is 67.8 Å². The molecule has 0 atom stereocenters. The first-order chi connectivity index (χ1) is 14.6. The summed E-state index contributed by atoms with van der Waals surface area (Å²) >= 11 is 6.31. The number of nitrogens with zero attached hydrogens (tertiary/aromatic N) is 1. The van der Waals surface area contributed by atoms with Crippen molar-refractivity contribution in [1.29, 1.82) is 0 Å². The number of rotatable bonds is 13. The van der Waals surface area contributed by atoms with Crippen molar-refractivity contribution in [3.05, 3.63) is 58.6 Å². The van der Waals surface area contributed by atoms with Gasteiger partial charge in [-0.05, 0) is 48.4 Å². The summed E-state index contributed by atoms with van der Waals surface area (Å²) in [5.41, 5.74) is 3.74. The van der Waals surface area contributed by atoms with Gasteiger partial charge in [0.2, 0.25) is 0 Å². The fraction of sp³-hybridized carbons (Fsp3) is 0.417. The van der Waals surface area contributed by atoms with Crippen LogP contribution in [0.4, 0.5) is 0 Å². The highest BCUT2D eigenvalue weighted by Crippen LogP contribution is 2.25.